The van der Waals surface area contributed by atoms with Crippen molar-refractivity contribution in [3.8, 4) is 0 Å². The van der Waals surface area contributed by atoms with Crippen LogP contribution in [-0.2, 0) is 27.1 Å². The van der Waals surface area contributed by atoms with Gasteiger partial charge in [0.25, 0.3) is 0 Å². The van der Waals surface area contributed by atoms with E-state index < -0.39 is 23.7 Å². The van der Waals surface area contributed by atoms with Crippen molar-refractivity contribution in [3.63, 3.8) is 0 Å². The molecule has 0 bridgehead atoms. The molecule has 0 saturated heterocycles. The average molecular weight is 435 g/mol. The van der Waals surface area contributed by atoms with E-state index in [-0.39, 0.29) is 0 Å². The molecule has 0 aromatic carbocycles. The van der Waals surface area contributed by atoms with E-state index in [1.165, 1.54) is 19.1 Å². The highest BCUT2D eigenvalue weighted by atomic mass is 16.6. The number of nitrogens with one attached hydrogen (secondary N) is 2. The van der Waals surface area contributed by atoms with Gasteiger partial charge in [-0.15, -0.1) is 0 Å². The highest BCUT2D eigenvalue weighted by Crippen LogP contribution is 2.20. The third kappa shape index (κ3) is 9.12. The number of nitrogens with zero attached hydrogens (tertiary/aromatic N) is 2. The zero-order valence-electron chi connectivity index (χ0n) is 19.6. The number of aromatic nitrogens is 1. The molecule has 0 saturated carbocycles. The normalized spacial score (nSPS) is 14.4. The number of hydrogen-bond acceptors (Lipinski definition) is 7. The zero-order chi connectivity index (χ0) is 22.9. The Hall–Kier alpha value is -2.35. The minimum atomic E-state index is -0.727. The third-order valence-electron chi connectivity index (χ3n) is 5.15. The lowest BCUT2D eigenvalue weighted by molar-refractivity contribution is -0.143. The second kappa shape index (κ2) is 11.9. The van der Waals surface area contributed by atoms with Crippen LogP contribution in [0.25, 0.3) is 0 Å². The molecule has 2 rings (SSSR count). The monoisotopic (exact) mass is 434 g/mol. The number of ether oxygens (including phenoxy) is 2. The SMILES string of the molecule is COC(=O)[C@@H](CCN(C)CCCCc1ccc2c(n1)NCCC2)NC(=O)OC(C)(C)C. The lowest BCUT2D eigenvalue weighted by atomic mass is 10.1. The Balaban J connectivity index is 1.70. The first-order chi connectivity index (χ1) is 14.7. The van der Waals surface area contributed by atoms with Gasteiger partial charge >= 0.3 is 12.1 Å². The number of amides is 1. The summed E-state index contributed by atoms with van der Waals surface area (Å²) in [5, 5.41) is 6.00. The number of unbranched alkanes of at least 4 members (excludes halogenated alkanes) is 1. The number of methoxy groups -OCH3 is 1. The van der Waals surface area contributed by atoms with Crippen molar-refractivity contribution in [3.05, 3.63) is 23.4 Å². The van der Waals surface area contributed by atoms with Crippen LogP contribution in [0.4, 0.5) is 10.6 Å². The number of carbonyl (C=O) groups is 2. The van der Waals surface area contributed by atoms with Gasteiger partial charge in [-0.25, -0.2) is 14.6 Å². The molecule has 0 aliphatic carbocycles. The van der Waals surface area contributed by atoms with Crippen LogP contribution >= 0.6 is 0 Å². The summed E-state index contributed by atoms with van der Waals surface area (Å²) in [5.41, 5.74) is 1.82. The molecular formula is C23H38N4O4. The Morgan fingerprint density at radius 2 is 2.03 bits per heavy atom. The standard InChI is InChI=1S/C23H38N4O4/c1-23(2,3)31-22(29)26-19(21(28)30-5)13-16-27(4)15-7-6-10-18-12-11-17-9-8-14-24-20(17)25-18/h11-12,19H,6-10,13-16H2,1-5H3,(H,24,25)(H,26,29)/t19-/m1/s1. The summed E-state index contributed by atoms with van der Waals surface area (Å²) < 4.78 is 10.1. The van der Waals surface area contributed by atoms with Crippen LogP contribution in [0.15, 0.2) is 12.1 Å². The van der Waals surface area contributed by atoms with Gasteiger partial charge in [0.1, 0.15) is 17.5 Å². The van der Waals surface area contributed by atoms with Gasteiger partial charge in [-0.3, -0.25) is 0 Å². The lowest BCUT2D eigenvalue weighted by Crippen LogP contribution is -2.45. The first-order valence-electron chi connectivity index (χ1n) is 11.2. The summed E-state index contributed by atoms with van der Waals surface area (Å²) in [7, 11) is 3.34. The number of rotatable bonds is 10. The third-order valence-corrected chi connectivity index (χ3v) is 5.15. The van der Waals surface area contributed by atoms with Gasteiger partial charge in [0, 0.05) is 18.8 Å². The fourth-order valence-electron chi connectivity index (χ4n) is 3.50. The summed E-state index contributed by atoms with van der Waals surface area (Å²) in [4.78, 5) is 30.9. The quantitative estimate of drug-likeness (QED) is 0.432. The Kier molecular flexibility index (Phi) is 9.55. The van der Waals surface area contributed by atoms with E-state index in [4.69, 9.17) is 14.5 Å². The van der Waals surface area contributed by atoms with Gasteiger partial charge in [0.2, 0.25) is 0 Å². The Morgan fingerprint density at radius 1 is 1.26 bits per heavy atom. The van der Waals surface area contributed by atoms with E-state index in [0.29, 0.717) is 13.0 Å². The van der Waals surface area contributed by atoms with Crippen LogP contribution in [0.5, 0.6) is 0 Å². The van der Waals surface area contributed by atoms with E-state index in [1.54, 1.807) is 20.8 Å². The van der Waals surface area contributed by atoms with Gasteiger partial charge in [-0.2, -0.15) is 0 Å². The maximum Gasteiger partial charge on any atom is 0.408 e. The topological polar surface area (TPSA) is 92.8 Å². The molecule has 1 aliphatic heterocycles. The van der Waals surface area contributed by atoms with E-state index in [2.05, 4.69) is 27.7 Å². The molecule has 0 spiro atoms. The fourth-order valence-corrected chi connectivity index (χ4v) is 3.50. The molecule has 1 atom stereocenters. The molecular weight excluding hydrogens is 396 g/mol. The number of hydrogen-bond donors (Lipinski definition) is 2. The van der Waals surface area contributed by atoms with Gasteiger partial charge in [0.15, 0.2) is 0 Å². The average Bonchev–Trinajstić information content (AvgIpc) is 2.72. The molecule has 8 heteroatoms. The molecule has 2 heterocycles. The number of anilines is 1. The predicted octanol–water partition coefficient (Wildman–Crippen LogP) is 3.15. The van der Waals surface area contributed by atoms with Crippen molar-refractivity contribution >= 4 is 17.9 Å². The first-order valence-corrected chi connectivity index (χ1v) is 11.2. The maximum atomic E-state index is 12.0. The van der Waals surface area contributed by atoms with Crippen LogP contribution in [0, 0.1) is 0 Å². The molecule has 31 heavy (non-hydrogen) atoms. The second-order valence-electron chi connectivity index (χ2n) is 9.11. The molecule has 8 nitrogen and oxygen atoms in total. The van der Waals surface area contributed by atoms with Crippen LogP contribution in [0.2, 0.25) is 0 Å². The van der Waals surface area contributed by atoms with Crippen LogP contribution in [0.3, 0.4) is 0 Å². The minimum absolute atomic E-state index is 0.459. The number of esters is 1. The van der Waals surface area contributed by atoms with Gasteiger partial charge < -0.3 is 25.0 Å². The molecule has 2 N–H and O–H groups in total. The summed E-state index contributed by atoms with van der Waals surface area (Å²) in [5.74, 6) is 0.582. The lowest BCUT2D eigenvalue weighted by Gasteiger charge is -2.24. The number of alkyl carbamates (subject to hydrolysis) is 1. The van der Waals surface area contributed by atoms with Crippen LogP contribution in [0.1, 0.15) is 57.7 Å². The van der Waals surface area contributed by atoms with Gasteiger partial charge in [-0.05, 0) is 84.5 Å². The molecule has 1 aliphatic rings. The summed E-state index contributed by atoms with van der Waals surface area (Å²) in [6.45, 7) is 7.92. The van der Waals surface area contributed by atoms with E-state index in [9.17, 15) is 9.59 Å². The Bertz CT molecular complexity index is 733. The van der Waals surface area contributed by atoms with Gasteiger partial charge in [0.05, 0.1) is 7.11 Å². The molecule has 1 aromatic heterocycles. The summed E-state index contributed by atoms with van der Waals surface area (Å²) in [6, 6.07) is 3.61. The van der Waals surface area contributed by atoms with Crippen molar-refractivity contribution in [2.45, 2.75) is 70.9 Å². The summed E-state index contributed by atoms with van der Waals surface area (Å²) >= 11 is 0. The van der Waals surface area contributed by atoms with E-state index in [1.807, 2.05) is 7.05 Å². The fraction of sp³-hybridized carbons (Fsp3) is 0.696. The maximum absolute atomic E-state index is 12.0. The predicted molar refractivity (Wildman–Crippen MR) is 121 cm³/mol. The molecule has 1 aromatic rings. The van der Waals surface area contributed by atoms with Crippen LogP contribution < -0.4 is 10.6 Å². The highest BCUT2D eigenvalue weighted by molar-refractivity contribution is 5.81. The van der Waals surface area contributed by atoms with Crippen molar-refractivity contribution in [1.29, 1.82) is 0 Å². The second-order valence-corrected chi connectivity index (χ2v) is 9.11. The molecule has 0 fully saturated rings. The number of aryl methyl sites for hydroxylation is 2. The van der Waals surface area contributed by atoms with Crippen molar-refractivity contribution in [2.75, 3.05) is 39.1 Å². The molecule has 0 unspecified atom stereocenters. The number of fused-ring (bicyclic) bond motifs is 1. The molecule has 0 radical (unpaired) electrons. The minimum Gasteiger partial charge on any atom is -0.467 e. The summed E-state index contributed by atoms with van der Waals surface area (Å²) in [6.07, 6.45) is 5.16. The first kappa shape index (κ1) is 24.9. The molecule has 174 valence electrons. The van der Waals surface area contributed by atoms with E-state index >= 15 is 0 Å². The zero-order valence-corrected chi connectivity index (χ0v) is 19.6. The molecule has 1 amide bonds. The van der Waals surface area contributed by atoms with E-state index in [0.717, 1.165) is 50.3 Å². The van der Waals surface area contributed by atoms with Crippen molar-refractivity contribution in [1.82, 2.24) is 15.2 Å². The van der Waals surface area contributed by atoms with Crippen molar-refractivity contribution < 1.29 is 19.1 Å². The number of pyridine rings is 1. The van der Waals surface area contributed by atoms with Gasteiger partial charge in [-0.1, -0.05) is 6.07 Å². The van der Waals surface area contributed by atoms with Crippen LogP contribution in [-0.4, -0.2) is 67.4 Å². The largest absolute Gasteiger partial charge is 0.467 e. The Labute approximate surface area is 186 Å². The Morgan fingerprint density at radius 3 is 2.74 bits per heavy atom. The number of carbonyl (C=O) groups excluding carboxylic acids is 2. The van der Waals surface area contributed by atoms with Crippen molar-refractivity contribution in [2.24, 2.45) is 0 Å². The smallest absolute Gasteiger partial charge is 0.408 e. The highest BCUT2D eigenvalue weighted by Gasteiger charge is 2.25.